The third-order valence-electron chi connectivity index (χ3n) is 4.58. The predicted molar refractivity (Wildman–Crippen MR) is 74.0 cm³/mol. The number of carbonyl (C=O) groups is 2. The van der Waals surface area contributed by atoms with Crippen LogP contribution in [0.5, 0.6) is 0 Å². The zero-order chi connectivity index (χ0) is 15.7. The fourth-order valence-corrected chi connectivity index (χ4v) is 5.10. The number of hydrogen-bond donors (Lipinski definition) is 1. The van der Waals surface area contributed by atoms with Crippen molar-refractivity contribution in [1.82, 2.24) is 4.31 Å². The van der Waals surface area contributed by atoms with Crippen molar-refractivity contribution in [3.05, 3.63) is 0 Å². The molecule has 1 N–H and O–H groups in total. The second-order valence-corrected chi connectivity index (χ2v) is 7.86. The standard InChI is InChI=1S/C13H21NO6S/c1-20-12(17)13(5-2-6-13)9-21(18,19)14-7-3-10(4-8-14)11(15)16/h10H,2-9H2,1H3,(H,15,16). The van der Waals surface area contributed by atoms with Crippen molar-refractivity contribution in [1.29, 1.82) is 0 Å². The van der Waals surface area contributed by atoms with E-state index in [0.717, 1.165) is 6.42 Å². The number of ether oxygens (including phenoxy) is 1. The molecule has 0 bridgehead atoms. The Morgan fingerprint density at radius 1 is 1.29 bits per heavy atom. The summed E-state index contributed by atoms with van der Waals surface area (Å²) in [6.45, 7) is 0.410. The Morgan fingerprint density at radius 3 is 2.24 bits per heavy atom. The summed E-state index contributed by atoms with van der Waals surface area (Å²) in [4.78, 5) is 22.7. The summed E-state index contributed by atoms with van der Waals surface area (Å²) in [5.41, 5.74) is -0.906. The van der Waals surface area contributed by atoms with Gasteiger partial charge in [-0.3, -0.25) is 9.59 Å². The van der Waals surface area contributed by atoms with Gasteiger partial charge in [-0.1, -0.05) is 6.42 Å². The van der Waals surface area contributed by atoms with Gasteiger partial charge in [0.05, 0.1) is 24.2 Å². The molecule has 1 heterocycles. The number of methoxy groups -OCH3 is 1. The second kappa shape index (κ2) is 5.92. The summed E-state index contributed by atoms with van der Waals surface area (Å²) < 4.78 is 31.0. The molecule has 8 heteroatoms. The van der Waals surface area contributed by atoms with E-state index in [2.05, 4.69) is 0 Å². The van der Waals surface area contributed by atoms with Gasteiger partial charge in [0, 0.05) is 13.1 Å². The third kappa shape index (κ3) is 3.21. The van der Waals surface area contributed by atoms with Crippen LogP contribution >= 0.6 is 0 Å². The minimum atomic E-state index is -3.57. The number of aliphatic carboxylic acids is 1. The number of rotatable bonds is 5. The van der Waals surface area contributed by atoms with Crippen molar-refractivity contribution in [3.63, 3.8) is 0 Å². The van der Waals surface area contributed by atoms with Crippen LogP contribution in [0.1, 0.15) is 32.1 Å². The third-order valence-corrected chi connectivity index (χ3v) is 6.65. The molecule has 0 aromatic carbocycles. The van der Waals surface area contributed by atoms with Crippen LogP contribution in [0.15, 0.2) is 0 Å². The van der Waals surface area contributed by atoms with Gasteiger partial charge in [0.15, 0.2) is 0 Å². The molecule has 120 valence electrons. The molecular weight excluding hydrogens is 298 g/mol. The van der Waals surface area contributed by atoms with E-state index in [0.29, 0.717) is 25.7 Å². The molecule has 2 fully saturated rings. The van der Waals surface area contributed by atoms with Crippen LogP contribution in [0.25, 0.3) is 0 Å². The molecule has 1 aliphatic heterocycles. The zero-order valence-corrected chi connectivity index (χ0v) is 12.9. The molecule has 1 saturated heterocycles. The van der Waals surface area contributed by atoms with Gasteiger partial charge in [0.1, 0.15) is 0 Å². The molecule has 1 aliphatic carbocycles. The molecule has 0 radical (unpaired) electrons. The van der Waals surface area contributed by atoms with E-state index < -0.39 is 33.3 Å². The van der Waals surface area contributed by atoms with Crippen LogP contribution in [-0.4, -0.2) is 55.7 Å². The Morgan fingerprint density at radius 2 is 1.86 bits per heavy atom. The maximum absolute atomic E-state index is 12.5. The predicted octanol–water partition coefficient (Wildman–Crippen LogP) is 0.456. The normalized spacial score (nSPS) is 23.3. The SMILES string of the molecule is COC(=O)C1(CS(=O)(=O)N2CCC(C(=O)O)CC2)CCC1. The molecule has 21 heavy (non-hydrogen) atoms. The minimum Gasteiger partial charge on any atom is -0.481 e. The maximum atomic E-state index is 12.5. The maximum Gasteiger partial charge on any atom is 0.312 e. The first-order valence-electron chi connectivity index (χ1n) is 7.10. The summed E-state index contributed by atoms with van der Waals surface area (Å²) in [7, 11) is -2.30. The molecular formula is C13H21NO6S. The van der Waals surface area contributed by atoms with E-state index >= 15 is 0 Å². The van der Waals surface area contributed by atoms with Crippen molar-refractivity contribution in [3.8, 4) is 0 Å². The van der Waals surface area contributed by atoms with E-state index in [9.17, 15) is 18.0 Å². The van der Waals surface area contributed by atoms with Crippen molar-refractivity contribution >= 4 is 22.0 Å². The first-order valence-corrected chi connectivity index (χ1v) is 8.71. The summed E-state index contributed by atoms with van der Waals surface area (Å²) >= 11 is 0. The lowest BCUT2D eigenvalue weighted by Gasteiger charge is -2.40. The van der Waals surface area contributed by atoms with Crippen LogP contribution in [0.3, 0.4) is 0 Å². The lowest BCUT2D eigenvalue weighted by molar-refractivity contribution is -0.156. The average Bonchev–Trinajstić information content (AvgIpc) is 2.42. The van der Waals surface area contributed by atoms with Gasteiger partial charge < -0.3 is 9.84 Å². The molecule has 2 aliphatic rings. The molecule has 0 unspecified atom stereocenters. The number of nitrogens with zero attached hydrogens (tertiary/aromatic N) is 1. The van der Waals surface area contributed by atoms with Crippen LogP contribution in [-0.2, 0) is 24.3 Å². The van der Waals surface area contributed by atoms with Crippen LogP contribution in [0.2, 0.25) is 0 Å². The van der Waals surface area contributed by atoms with Gasteiger partial charge in [0.25, 0.3) is 0 Å². The highest BCUT2D eigenvalue weighted by Gasteiger charge is 2.49. The van der Waals surface area contributed by atoms with Crippen LogP contribution in [0.4, 0.5) is 0 Å². The van der Waals surface area contributed by atoms with Gasteiger partial charge in [-0.25, -0.2) is 12.7 Å². The number of carboxylic acid groups (broad SMARTS) is 1. The lowest BCUT2D eigenvalue weighted by atomic mass is 9.70. The molecule has 0 aromatic rings. The van der Waals surface area contributed by atoms with E-state index in [1.165, 1.54) is 11.4 Å². The molecule has 1 saturated carbocycles. The Kier molecular flexibility index (Phi) is 4.57. The Bertz CT molecular complexity index is 517. The quantitative estimate of drug-likeness (QED) is 0.739. The van der Waals surface area contributed by atoms with Crippen molar-refractivity contribution < 1.29 is 27.9 Å². The Balaban J connectivity index is 2.02. The monoisotopic (exact) mass is 319 g/mol. The lowest BCUT2D eigenvalue weighted by Crippen LogP contribution is -2.50. The smallest absolute Gasteiger partial charge is 0.312 e. The molecule has 2 rings (SSSR count). The van der Waals surface area contributed by atoms with Gasteiger partial charge >= 0.3 is 11.9 Å². The fraction of sp³-hybridized carbons (Fsp3) is 0.846. The number of esters is 1. The Labute approximate surface area is 124 Å². The van der Waals surface area contributed by atoms with Gasteiger partial charge in [-0.2, -0.15) is 0 Å². The molecule has 7 nitrogen and oxygen atoms in total. The van der Waals surface area contributed by atoms with Gasteiger partial charge in [-0.15, -0.1) is 0 Å². The number of carbonyl (C=O) groups excluding carboxylic acids is 1. The highest BCUT2D eigenvalue weighted by molar-refractivity contribution is 7.89. The molecule has 0 amide bonds. The first-order chi connectivity index (χ1) is 9.81. The number of sulfonamides is 1. The van der Waals surface area contributed by atoms with Gasteiger partial charge in [-0.05, 0) is 25.7 Å². The number of hydrogen-bond acceptors (Lipinski definition) is 5. The number of carboxylic acids is 1. The summed E-state index contributed by atoms with van der Waals surface area (Å²) in [6, 6.07) is 0. The molecule has 0 atom stereocenters. The minimum absolute atomic E-state index is 0.205. The second-order valence-electron chi connectivity index (χ2n) is 5.89. The van der Waals surface area contributed by atoms with Crippen LogP contribution in [0, 0.1) is 11.3 Å². The average molecular weight is 319 g/mol. The summed E-state index contributed by atoms with van der Waals surface area (Å²) in [5.74, 6) is -2.05. The zero-order valence-electron chi connectivity index (χ0n) is 12.1. The van der Waals surface area contributed by atoms with Crippen molar-refractivity contribution in [2.75, 3.05) is 26.0 Å². The summed E-state index contributed by atoms with van der Waals surface area (Å²) in [6.07, 6.45) is 2.53. The van der Waals surface area contributed by atoms with E-state index in [1.54, 1.807) is 0 Å². The highest BCUT2D eigenvalue weighted by atomic mass is 32.2. The number of piperidine rings is 1. The van der Waals surface area contributed by atoms with Crippen LogP contribution < -0.4 is 0 Å². The van der Waals surface area contributed by atoms with E-state index in [1.807, 2.05) is 0 Å². The van der Waals surface area contributed by atoms with E-state index in [4.69, 9.17) is 9.84 Å². The summed E-state index contributed by atoms with van der Waals surface area (Å²) in [5, 5.41) is 8.94. The largest absolute Gasteiger partial charge is 0.481 e. The Hall–Kier alpha value is -1.15. The molecule has 0 spiro atoms. The topological polar surface area (TPSA) is 101 Å². The first kappa shape index (κ1) is 16.2. The highest BCUT2D eigenvalue weighted by Crippen LogP contribution is 2.43. The van der Waals surface area contributed by atoms with Crippen molar-refractivity contribution in [2.24, 2.45) is 11.3 Å². The van der Waals surface area contributed by atoms with Gasteiger partial charge in [0.2, 0.25) is 10.0 Å². The van der Waals surface area contributed by atoms with E-state index in [-0.39, 0.29) is 18.8 Å². The van der Waals surface area contributed by atoms with Crippen molar-refractivity contribution in [2.45, 2.75) is 32.1 Å². The molecule has 0 aromatic heterocycles. The fourth-order valence-electron chi connectivity index (χ4n) is 3.05.